The second-order valence-electron chi connectivity index (χ2n) is 6.51. The summed E-state index contributed by atoms with van der Waals surface area (Å²) in [5.74, 6) is 0.585. The molecule has 0 radical (unpaired) electrons. The van der Waals surface area contributed by atoms with Crippen LogP contribution in [0, 0.1) is 5.82 Å². The molecule has 0 fully saturated rings. The number of benzene rings is 2. The van der Waals surface area contributed by atoms with E-state index in [-0.39, 0.29) is 17.5 Å². The molecule has 0 aliphatic heterocycles. The number of fused-ring (bicyclic) bond motifs is 1. The molecular formula is C22H19FN4O2S. The van der Waals surface area contributed by atoms with Gasteiger partial charge in [0.1, 0.15) is 16.6 Å². The number of nitrogens with one attached hydrogen (secondary N) is 1. The van der Waals surface area contributed by atoms with Gasteiger partial charge in [0.15, 0.2) is 0 Å². The van der Waals surface area contributed by atoms with Crippen LogP contribution in [0.1, 0.15) is 5.56 Å². The van der Waals surface area contributed by atoms with Crippen LogP contribution in [0.25, 0.3) is 16.8 Å². The van der Waals surface area contributed by atoms with Crippen molar-refractivity contribution in [2.24, 2.45) is 0 Å². The largest absolute Gasteiger partial charge is 0.497 e. The lowest BCUT2D eigenvalue weighted by atomic mass is 10.1. The van der Waals surface area contributed by atoms with Crippen LogP contribution >= 0.6 is 11.8 Å². The van der Waals surface area contributed by atoms with Crippen LogP contribution in [-0.4, -0.2) is 33.4 Å². The van der Waals surface area contributed by atoms with E-state index in [0.717, 1.165) is 33.1 Å². The zero-order chi connectivity index (χ0) is 20.9. The highest BCUT2D eigenvalue weighted by atomic mass is 32.2. The molecule has 0 aliphatic rings. The summed E-state index contributed by atoms with van der Waals surface area (Å²) in [6, 6.07) is 15.7. The van der Waals surface area contributed by atoms with Crippen LogP contribution in [0.2, 0.25) is 0 Å². The third kappa shape index (κ3) is 4.60. The number of thioether (sulfide) groups is 1. The maximum atomic E-state index is 13.0. The summed E-state index contributed by atoms with van der Waals surface area (Å²) in [5.41, 5.74) is 3.45. The highest BCUT2D eigenvalue weighted by molar-refractivity contribution is 8.00. The maximum Gasteiger partial charge on any atom is 0.230 e. The molecule has 0 atom stereocenters. The Morgan fingerprint density at radius 3 is 2.67 bits per heavy atom. The van der Waals surface area contributed by atoms with E-state index in [4.69, 9.17) is 4.74 Å². The summed E-state index contributed by atoms with van der Waals surface area (Å²) < 4.78 is 19.9. The average Bonchev–Trinajstić information content (AvgIpc) is 3.22. The van der Waals surface area contributed by atoms with Crippen LogP contribution in [-0.2, 0) is 11.3 Å². The van der Waals surface area contributed by atoms with Crippen molar-refractivity contribution in [2.45, 2.75) is 11.6 Å². The minimum absolute atomic E-state index is 0.122. The fourth-order valence-corrected chi connectivity index (χ4v) is 3.71. The first-order chi connectivity index (χ1) is 14.6. The number of ether oxygens (including phenoxy) is 1. The number of hydrogen-bond acceptors (Lipinski definition) is 5. The van der Waals surface area contributed by atoms with E-state index in [0.29, 0.717) is 6.54 Å². The number of methoxy groups -OCH3 is 1. The molecule has 30 heavy (non-hydrogen) atoms. The smallest absolute Gasteiger partial charge is 0.230 e. The maximum absolute atomic E-state index is 13.0. The number of carbonyl (C=O) groups is 1. The molecule has 2 heterocycles. The standard InChI is InChI=1S/C22H19FN4O2S/c1-29-18-8-4-16(5-9-18)19-12-20-22(24-10-11-27(20)26-19)30-14-21(28)25-13-15-2-6-17(23)7-3-15/h2-12H,13-14H2,1H3,(H,25,28). The Kier molecular flexibility index (Phi) is 5.94. The topological polar surface area (TPSA) is 68.5 Å². The Morgan fingerprint density at radius 1 is 1.17 bits per heavy atom. The Hall–Kier alpha value is -3.39. The molecule has 2 aromatic carbocycles. The molecule has 6 nitrogen and oxygen atoms in total. The minimum atomic E-state index is -0.297. The van der Waals surface area contributed by atoms with Crippen LogP contribution in [0.3, 0.4) is 0 Å². The van der Waals surface area contributed by atoms with Gasteiger partial charge in [-0.3, -0.25) is 4.79 Å². The van der Waals surface area contributed by atoms with Gasteiger partial charge in [0.05, 0.1) is 24.1 Å². The molecule has 0 bridgehead atoms. The van der Waals surface area contributed by atoms with Crippen molar-refractivity contribution < 1.29 is 13.9 Å². The Morgan fingerprint density at radius 2 is 1.93 bits per heavy atom. The number of nitrogens with zero attached hydrogens (tertiary/aromatic N) is 3. The zero-order valence-electron chi connectivity index (χ0n) is 16.2. The van der Waals surface area contributed by atoms with Crippen molar-refractivity contribution in [3.8, 4) is 17.0 Å². The molecular weight excluding hydrogens is 403 g/mol. The predicted molar refractivity (Wildman–Crippen MR) is 114 cm³/mol. The van der Waals surface area contributed by atoms with Gasteiger partial charge in [-0.05, 0) is 48.0 Å². The molecule has 1 N–H and O–H groups in total. The van der Waals surface area contributed by atoms with Crippen molar-refractivity contribution in [3.05, 3.63) is 78.4 Å². The highest BCUT2D eigenvalue weighted by Gasteiger charge is 2.11. The van der Waals surface area contributed by atoms with E-state index in [1.165, 1.54) is 23.9 Å². The third-order valence-corrected chi connectivity index (χ3v) is 5.48. The first-order valence-corrected chi connectivity index (χ1v) is 10.2. The van der Waals surface area contributed by atoms with Crippen LogP contribution in [0.4, 0.5) is 4.39 Å². The third-order valence-electron chi connectivity index (χ3n) is 4.48. The summed E-state index contributed by atoms with van der Waals surface area (Å²) in [5, 5.41) is 8.16. The Balaban J connectivity index is 1.42. The Labute approximate surface area is 177 Å². The number of halogens is 1. The molecule has 0 aliphatic carbocycles. The zero-order valence-corrected chi connectivity index (χ0v) is 17.0. The molecule has 1 amide bonds. The molecule has 0 spiro atoms. The summed E-state index contributed by atoms with van der Waals surface area (Å²) >= 11 is 1.35. The molecule has 4 rings (SSSR count). The fourth-order valence-electron chi connectivity index (χ4n) is 2.90. The van der Waals surface area contributed by atoms with Crippen molar-refractivity contribution >= 4 is 23.2 Å². The van der Waals surface area contributed by atoms with Gasteiger partial charge in [0.25, 0.3) is 0 Å². The highest BCUT2D eigenvalue weighted by Crippen LogP contribution is 2.27. The molecule has 4 aromatic rings. The number of carbonyl (C=O) groups excluding carboxylic acids is 1. The van der Waals surface area contributed by atoms with Crippen LogP contribution in [0.15, 0.2) is 72.0 Å². The van der Waals surface area contributed by atoms with Gasteiger partial charge in [-0.1, -0.05) is 23.9 Å². The van der Waals surface area contributed by atoms with E-state index in [1.807, 2.05) is 30.3 Å². The first-order valence-electron chi connectivity index (χ1n) is 9.25. The summed E-state index contributed by atoms with van der Waals surface area (Å²) in [4.78, 5) is 16.6. The van der Waals surface area contributed by atoms with Crippen molar-refractivity contribution in [2.75, 3.05) is 12.9 Å². The lowest BCUT2D eigenvalue weighted by molar-refractivity contribution is -0.118. The molecule has 0 saturated heterocycles. The number of aromatic nitrogens is 3. The molecule has 2 aromatic heterocycles. The first kappa shape index (κ1) is 19.9. The molecule has 8 heteroatoms. The van der Waals surface area contributed by atoms with Gasteiger partial charge in [0, 0.05) is 24.5 Å². The van der Waals surface area contributed by atoms with Gasteiger partial charge in [-0.15, -0.1) is 0 Å². The van der Waals surface area contributed by atoms with Crippen molar-refractivity contribution in [3.63, 3.8) is 0 Å². The normalized spacial score (nSPS) is 10.9. The number of hydrogen-bond donors (Lipinski definition) is 1. The minimum Gasteiger partial charge on any atom is -0.497 e. The van der Waals surface area contributed by atoms with E-state index in [2.05, 4.69) is 15.4 Å². The van der Waals surface area contributed by atoms with Crippen molar-refractivity contribution in [1.29, 1.82) is 0 Å². The average molecular weight is 422 g/mol. The van der Waals surface area contributed by atoms with Gasteiger partial charge >= 0.3 is 0 Å². The van der Waals surface area contributed by atoms with Gasteiger partial charge < -0.3 is 10.1 Å². The van der Waals surface area contributed by atoms with Crippen LogP contribution < -0.4 is 10.1 Å². The second kappa shape index (κ2) is 8.96. The predicted octanol–water partition coefficient (Wildman–Crippen LogP) is 3.95. The lowest BCUT2D eigenvalue weighted by Gasteiger charge is -2.06. The monoisotopic (exact) mass is 422 g/mol. The molecule has 0 saturated carbocycles. The van der Waals surface area contributed by atoms with Crippen molar-refractivity contribution in [1.82, 2.24) is 19.9 Å². The quantitative estimate of drug-likeness (QED) is 0.457. The summed E-state index contributed by atoms with van der Waals surface area (Å²) in [6.07, 6.45) is 3.44. The van der Waals surface area contributed by atoms with Gasteiger partial charge in [-0.2, -0.15) is 5.10 Å². The SMILES string of the molecule is COc1ccc(-c2cc3c(SCC(=O)NCc4ccc(F)cc4)nccn3n2)cc1. The van der Waals surface area contributed by atoms with E-state index in [9.17, 15) is 9.18 Å². The molecule has 0 unspecified atom stereocenters. The van der Waals surface area contributed by atoms with Gasteiger partial charge in [-0.25, -0.2) is 13.9 Å². The lowest BCUT2D eigenvalue weighted by Crippen LogP contribution is -2.24. The van der Waals surface area contributed by atoms with E-state index >= 15 is 0 Å². The molecule has 152 valence electrons. The number of rotatable bonds is 7. The summed E-state index contributed by atoms with van der Waals surface area (Å²) in [6.45, 7) is 0.353. The second-order valence-corrected chi connectivity index (χ2v) is 7.48. The van der Waals surface area contributed by atoms with E-state index < -0.39 is 0 Å². The fraction of sp³-hybridized carbons (Fsp3) is 0.136. The van der Waals surface area contributed by atoms with Crippen LogP contribution in [0.5, 0.6) is 5.75 Å². The summed E-state index contributed by atoms with van der Waals surface area (Å²) in [7, 11) is 1.63. The Bertz CT molecular complexity index is 1160. The van der Waals surface area contributed by atoms with Gasteiger partial charge in [0.2, 0.25) is 5.91 Å². The number of amides is 1. The van der Waals surface area contributed by atoms with E-state index in [1.54, 1.807) is 36.2 Å².